The Labute approximate surface area is 117 Å². The van der Waals surface area contributed by atoms with Gasteiger partial charge in [-0.3, -0.25) is 9.00 Å². The van der Waals surface area contributed by atoms with Crippen LogP contribution >= 0.6 is 0 Å². The number of amides is 1. The predicted molar refractivity (Wildman–Crippen MR) is 72.7 cm³/mol. The SMILES string of the molecule is Cc1nc(C)c(C(=O)Nc2ccc([S@@](C)=O)c(F)c2)o1. The topological polar surface area (TPSA) is 72.2 Å². The summed E-state index contributed by atoms with van der Waals surface area (Å²) in [7, 11) is -1.41. The molecule has 5 nitrogen and oxygen atoms in total. The van der Waals surface area contributed by atoms with Crippen molar-refractivity contribution >= 4 is 22.4 Å². The van der Waals surface area contributed by atoms with Crippen molar-refractivity contribution in [3.63, 3.8) is 0 Å². The van der Waals surface area contributed by atoms with Crippen molar-refractivity contribution in [1.82, 2.24) is 4.98 Å². The van der Waals surface area contributed by atoms with E-state index in [-0.39, 0.29) is 16.3 Å². The largest absolute Gasteiger partial charge is 0.436 e. The zero-order valence-electron chi connectivity index (χ0n) is 11.2. The molecule has 2 rings (SSSR count). The molecule has 7 heteroatoms. The number of halogens is 1. The third-order valence-corrected chi connectivity index (χ3v) is 3.56. The molecule has 1 aromatic carbocycles. The average Bonchev–Trinajstić information content (AvgIpc) is 2.68. The molecule has 2 aromatic rings. The van der Waals surface area contributed by atoms with Gasteiger partial charge in [-0.2, -0.15) is 0 Å². The Balaban J connectivity index is 2.22. The van der Waals surface area contributed by atoms with Crippen molar-refractivity contribution in [3.05, 3.63) is 41.4 Å². The summed E-state index contributed by atoms with van der Waals surface area (Å²) in [5.41, 5.74) is 0.724. The summed E-state index contributed by atoms with van der Waals surface area (Å²) in [4.78, 5) is 16.0. The standard InChI is InChI=1S/C13H13FN2O3S/c1-7-12(19-8(2)15-7)13(17)16-9-4-5-11(20(3)18)10(14)6-9/h4-6H,1-3H3,(H,16,17)/t20-/m1/s1. The number of anilines is 1. The highest BCUT2D eigenvalue weighted by Gasteiger charge is 2.16. The van der Waals surface area contributed by atoms with Crippen LogP contribution < -0.4 is 5.32 Å². The van der Waals surface area contributed by atoms with Gasteiger partial charge in [-0.1, -0.05) is 0 Å². The molecule has 0 spiro atoms. The molecule has 0 aliphatic carbocycles. The van der Waals surface area contributed by atoms with Crippen LogP contribution in [0, 0.1) is 19.7 Å². The van der Waals surface area contributed by atoms with Crippen molar-refractivity contribution in [3.8, 4) is 0 Å². The molecule has 106 valence electrons. The first kappa shape index (κ1) is 14.4. The maximum Gasteiger partial charge on any atom is 0.293 e. The normalized spacial score (nSPS) is 12.2. The minimum atomic E-state index is -1.41. The summed E-state index contributed by atoms with van der Waals surface area (Å²) in [6.07, 6.45) is 1.39. The van der Waals surface area contributed by atoms with E-state index in [1.165, 1.54) is 18.4 Å². The van der Waals surface area contributed by atoms with Crippen LogP contribution in [0.2, 0.25) is 0 Å². The first-order valence-electron chi connectivity index (χ1n) is 5.77. The lowest BCUT2D eigenvalue weighted by atomic mass is 10.3. The molecule has 1 heterocycles. The second-order valence-electron chi connectivity index (χ2n) is 4.20. The van der Waals surface area contributed by atoms with Crippen LogP contribution in [0.25, 0.3) is 0 Å². The van der Waals surface area contributed by atoms with E-state index in [0.29, 0.717) is 11.6 Å². The van der Waals surface area contributed by atoms with E-state index in [1.807, 2.05) is 0 Å². The van der Waals surface area contributed by atoms with E-state index in [0.717, 1.165) is 6.07 Å². The molecule has 0 fully saturated rings. The Kier molecular flexibility index (Phi) is 3.99. The number of oxazole rings is 1. The smallest absolute Gasteiger partial charge is 0.293 e. The molecular weight excluding hydrogens is 283 g/mol. The lowest BCUT2D eigenvalue weighted by Gasteiger charge is -2.05. The Hall–Kier alpha value is -2.02. The summed E-state index contributed by atoms with van der Waals surface area (Å²) in [5.74, 6) is -0.663. The molecule has 0 saturated heterocycles. The van der Waals surface area contributed by atoms with Crippen molar-refractivity contribution in [2.45, 2.75) is 18.7 Å². The number of aromatic nitrogens is 1. The number of carbonyl (C=O) groups is 1. The molecule has 1 aromatic heterocycles. The summed E-state index contributed by atoms with van der Waals surface area (Å²) in [6.45, 7) is 3.28. The first-order valence-corrected chi connectivity index (χ1v) is 7.32. The quantitative estimate of drug-likeness (QED) is 0.944. The molecule has 20 heavy (non-hydrogen) atoms. The second-order valence-corrected chi connectivity index (χ2v) is 5.55. The van der Waals surface area contributed by atoms with Crippen LogP contribution in [-0.4, -0.2) is 21.4 Å². The molecule has 0 aliphatic heterocycles. The Bertz CT molecular complexity index is 697. The predicted octanol–water partition coefficient (Wildman–Crippen LogP) is 2.42. The van der Waals surface area contributed by atoms with Gasteiger partial charge in [0.15, 0.2) is 5.89 Å². The van der Waals surface area contributed by atoms with Crippen molar-refractivity contribution in [1.29, 1.82) is 0 Å². The van der Waals surface area contributed by atoms with Gasteiger partial charge in [0.25, 0.3) is 5.91 Å². The maximum absolute atomic E-state index is 13.7. The van der Waals surface area contributed by atoms with Gasteiger partial charge in [0, 0.05) is 18.9 Å². The minimum absolute atomic E-state index is 0.0889. The van der Waals surface area contributed by atoms with Gasteiger partial charge in [0.1, 0.15) is 5.82 Å². The lowest BCUT2D eigenvalue weighted by molar-refractivity contribution is 0.0994. The van der Waals surface area contributed by atoms with Crippen molar-refractivity contribution < 1.29 is 17.8 Å². The molecule has 0 unspecified atom stereocenters. The highest BCUT2D eigenvalue weighted by Crippen LogP contribution is 2.18. The molecule has 1 amide bonds. The molecular formula is C13H13FN2O3S. The third-order valence-electron chi connectivity index (χ3n) is 2.61. The molecule has 0 saturated carbocycles. The van der Waals surface area contributed by atoms with Gasteiger partial charge in [0.05, 0.1) is 21.4 Å². The van der Waals surface area contributed by atoms with E-state index in [1.54, 1.807) is 13.8 Å². The van der Waals surface area contributed by atoms with Gasteiger partial charge in [-0.25, -0.2) is 9.37 Å². The van der Waals surface area contributed by atoms with Crippen LogP contribution in [0.4, 0.5) is 10.1 Å². The van der Waals surface area contributed by atoms with Crippen LogP contribution in [0.3, 0.4) is 0 Å². The summed E-state index contributed by atoms with van der Waals surface area (Å²) in [5, 5.41) is 2.51. The minimum Gasteiger partial charge on any atom is -0.436 e. The van der Waals surface area contributed by atoms with E-state index >= 15 is 0 Å². The Morgan fingerprint density at radius 2 is 2.10 bits per heavy atom. The van der Waals surface area contributed by atoms with Gasteiger partial charge >= 0.3 is 0 Å². The number of carbonyl (C=O) groups excluding carboxylic acids is 1. The third kappa shape index (κ3) is 2.93. The highest BCUT2D eigenvalue weighted by atomic mass is 32.2. The van der Waals surface area contributed by atoms with Gasteiger partial charge in [0.2, 0.25) is 5.76 Å². The average molecular weight is 296 g/mol. The van der Waals surface area contributed by atoms with Gasteiger partial charge in [-0.15, -0.1) is 0 Å². The number of nitrogens with zero attached hydrogens (tertiary/aromatic N) is 1. The fraction of sp³-hybridized carbons (Fsp3) is 0.231. The van der Waals surface area contributed by atoms with Gasteiger partial charge < -0.3 is 9.73 Å². The molecule has 0 aliphatic rings. The number of aryl methyl sites for hydroxylation is 2. The molecule has 1 atom stereocenters. The first-order chi connectivity index (χ1) is 9.38. The highest BCUT2D eigenvalue weighted by molar-refractivity contribution is 7.84. The number of benzene rings is 1. The van der Waals surface area contributed by atoms with E-state index in [9.17, 15) is 13.4 Å². The Morgan fingerprint density at radius 3 is 2.60 bits per heavy atom. The van der Waals surface area contributed by atoms with Crippen LogP contribution in [-0.2, 0) is 10.8 Å². The van der Waals surface area contributed by atoms with Crippen molar-refractivity contribution in [2.75, 3.05) is 11.6 Å². The summed E-state index contributed by atoms with van der Waals surface area (Å²) < 4.78 is 30.1. The van der Waals surface area contributed by atoms with E-state index < -0.39 is 22.5 Å². The Morgan fingerprint density at radius 1 is 1.40 bits per heavy atom. The zero-order chi connectivity index (χ0) is 14.9. The monoisotopic (exact) mass is 296 g/mol. The van der Waals surface area contributed by atoms with Crippen LogP contribution in [0.1, 0.15) is 22.1 Å². The number of hydrogen-bond acceptors (Lipinski definition) is 4. The lowest BCUT2D eigenvalue weighted by Crippen LogP contribution is -2.12. The summed E-state index contributed by atoms with van der Waals surface area (Å²) in [6, 6.07) is 3.98. The number of rotatable bonds is 3. The van der Waals surface area contributed by atoms with Gasteiger partial charge in [-0.05, 0) is 25.1 Å². The van der Waals surface area contributed by atoms with E-state index in [4.69, 9.17) is 4.42 Å². The van der Waals surface area contributed by atoms with Crippen molar-refractivity contribution in [2.24, 2.45) is 0 Å². The second kappa shape index (κ2) is 5.54. The van der Waals surface area contributed by atoms with Crippen LogP contribution in [0.5, 0.6) is 0 Å². The van der Waals surface area contributed by atoms with E-state index in [2.05, 4.69) is 10.3 Å². The fourth-order valence-corrected chi connectivity index (χ4v) is 2.33. The fourth-order valence-electron chi connectivity index (χ4n) is 1.74. The number of nitrogens with one attached hydrogen (secondary N) is 1. The maximum atomic E-state index is 13.7. The molecule has 1 N–H and O–H groups in total. The number of hydrogen-bond donors (Lipinski definition) is 1. The van der Waals surface area contributed by atoms with Crippen LogP contribution in [0.15, 0.2) is 27.5 Å². The molecule has 0 bridgehead atoms. The molecule has 0 radical (unpaired) electrons. The summed E-state index contributed by atoms with van der Waals surface area (Å²) >= 11 is 0. The zero-order valence-corrected chi connectivity index (χ0v) is 12.0.